The first-order valence-corrected chi connectivity index (χ1v) is 9.82. The molecule has 6 nitrogen and oxygen atoms in total. The van der Waals surface area contributed by atoms with Crippen LogP contribution in [0, 0.1) is 0 Å². The van der Waals surface area contributed by atoms with E-state index in [0.29, 0.717) is 18.0 Å². The van der Waals surface area contributed by atoms with E-state index in [-0.39, 0.29) is 0 Å². The maximum absolute atomic E-state index is 6.03. The van der Waals surface area contributed by atoms with Gasteiger partial charge in [0.15, 0.2) is 5.65 Å². The zero-order chi connectivity index (χ0) is 18.8. The summed E-state index contributed by atoms with van der Waals surface area (Å²) in [4.78, 5) is 4.46. The lowest BCUT2D eigenvalue weighted by atomic mass is 9.92. The van der Waals surface area contributed by atoms with Crippen LogP contribution in [0.1, 0.15) is 51.0 Å². The van der Waals surface area contributed by atoms with Crippen molar-refractivity contribution >= 4 is 22.8 Å². The molecule has 1 aliphatic rings. The molecule has 1 aromatic carbocycles. The van der Waals surface area contributed by atoms with Gasteiger partial charge >= 0.3 is 0 Å². The molecule has 2 heterocycles. The highest BCUT2D eigenvalue weighted by Crippen LogP contribution is 2.27. The fourth-order valence-electron chi connectivity index (χ4n) is 3.68. The summed E-state index contributed by atoms with van der Waals surface area (Å²) >= 11 is 0. The first kappa shape index (κ1) is 17.8. The van der Waals surface area contributed by atoms with Crippen LogP contribution >= 0.6 is 0 Å². The Morgan fingerprint density at radius 2 is 1.96 bits per heavy atom. The van der Waals surface area contributed by atoms with Crippen LogP contribution in [0.3, 0.4) is 0 Å². The predicted molar refractivity (Wildman–Crippen MR) is 111 cm³/mol. The zero-order valence-corrected chi connectivity index (χ0v) is 16.0. The van der Waals surface area contributed by atoms with Gasteiger partial charge in [-0.05, 0) is 49.3 Å². The van der Waals surface area contributed by atoms with Crippen LogP contribution in [0.4, 0.5) is 17.2 Å². The van der Waals surface area contributed by atoms with Crippen molar-refractivity contribution in [2.45, 2.75) is 57.5 Å². The normalized spacial score (nSPS) is 20.1. The Balaban J connectivity index is 1.60. The van der Waals surface area contributed by atoms with E-state index in [9.17, 15) is 0 Å². The summed E-state index contributed by atoms with van der Waals surface area (Å²) in [5.41, 5.74) is 10.2. The van der Waals surface area contributed by atoms with Crippen LogP contribution in [0.2, 0.25) is 0 Å². The van der Waals surface area contributed by atoms with Crippen LogP contribution in [0.15, 0.2) is 42.7 Å². The van der Waals surface area contributed by atoms with Crippen molar-refractivity contribution in [3.8, 4) is 0 Å². The second kappa shape index (κ2) is 7.56. The summed E-state index contributed by atoms with van der Waals surface area (Å²) in [6.07, 6.45) is 7.97. The van der Waals surface area contributed by atoms with Gasteiger partial charge in [0.1, 0.15) is 5.82 Å². The molecule has 0 aliphatic heterocycles. The molecule has 0 amide bonds. The van der Waals surface area contributed by atoms with Gasteiger partial charge in [-0.1, -0.05) is 26.0 Å². The molecule has 3 aromatic rings. The van der Waals surface area contributed by atoms with Crippen LogP contribution in [0.25, 0.3) is 5.65 Å². The van der Waals surface area contributed by atoms with Crippen molar-refractivity contribution in [2.75, 3.05) is 10.6 Å². The van der Waals surface area contributed by atoms with Crippen molar-refractivity contribution in [1.82, 2.24) is 14.6 Å². The van der Waals surface area contributed by atoms with E-state index in [1.807, 2.05) is 10.7 Å². The molecule has 2 aromatic heterocycles. The van der Waals surface area contributed by atoms with Crippen molar-refractivity contribution < 1.29 is 0 Å². The van der Waals surface area contributed by atoms with Gasteiger partial charge < -0.3 is 16.4 Å². The topological polar surface area (TPSA) is 80.3 Å². The molecular formula is C21H28N6. The molecule has 4 rings (SSSR count). The lowest BCUT2D eigenvalue weighted by Crippen LogP contribution is -2.33. The minimum atomic E-state index is 0.345. The number of nitrogens with two attached hydrogens (primary N) is 1. The van der Waals surface area contributed by atoms with E-state index < -0.39 is 0 Å². The fraction of sp³-hybridized carbons (Fsp3) is 0.429. The Bertz CT molecular complexity index is 908. The number of imidazole rings is 1. The third kappa shape index (κ3) is 4.06. The van der Waals surface area contributed by atoms with Gasteiger partial charge in [-0.2, -0.15) is 0 Å². The number of hydrogen-bond donors (Lipinski definition) is 3. The Morgan fingerprint density at radius 3 is 2.74 bits per heavy atom. The highest BCUT2D eigenvalue weighted by atomic mass is 15.3. The Hall–Kier alpha value is -2.60. The molecule has 0 radical (unpaired) electrons. The zero-order valence-electron chi connectivity index (χ0n) is 16.0. The van der Waals surface area contributed by atoms with Gasteiger partial charge in [-0.15, -0.1) is 5.10 Å². The SMILES string of the molecule is CC(C)c1cccc(Nc2cc(NC3CCC(N)CC3)nn3ccnc23)c1. The van der Waals surface area contributed by atoms with Crippen molar-refractivity contribution in [3.63, 3.8) is 0 Å². The number of fused-ring (bicyclic) bond motifs is 1. The van der Waals surface area contributed by atoms with Gasteiger partial charge in [-0.3, -0.25) is 0 Å². The monoisotopic (exact) mass is 364 g/mol. The molecule has 27 heavy (non-hydrogen) atoms. The molecule has 0 atom stereocenters. The van der Waals surface area contributed by atoms with Gasteiger partial charge in [0.2, 0.25) is 0 Å². The molecule has 4 N–H and O–H groups in total. The number of aromatic nitrogens is 3. The molecule has 6 heteroatoms. The second-order valence-corrected chi connectivity index (χ2v) is 7.80. The number of nitrogens with zero attached hydrogens (tertiary/aromatic N) is 3. The lowest BCUT2D eigenvalue weighted by Gasteiger charge is -2.27. The minimum absolute atomic E-state index is 0.345. The standard InChI is InChI=1S/C21H28N6/c1-14(2)15-4-3-5-18(12-15)24-19-13-20(26-27-11-10-23-21(19)27)25-17-8-6-16(22)7-9-17/h3-5,10-14,16-17,24H,6-9,22H2,1-2H3,(H,25,26). The van der Waals surface area contributed by atoms with Gasteiger partial charge in [0, 0.05) is 36.2 Å². The molecule has 0 spiro atoms. The molecule has 1 saturated carbocycles. The van der Waals surface area contributed by atoms with E-state index >= 15 is 0 Å². The van der Waals surface area contributed by atoms with Crippen LogP contribution in [-0.2, 0) is 0 Å². The Morgan fingerprint density at radius 1 is 1.15 bits per heavy atom. The van der Waals surface area contributed by atoms with Crippen molar-refractivity contribution in [3.05, 3.63) is 48.3 Å². The molecule has 1 aliphatic carbocycles. The summed E-state index contributed by atoms with van der Waals surface area (Å²) < 4.78 is 1.82. The number of hydrogen-bond acceptors (Lipinski definition) is 5. The average Bonchev–Trinajstić information content (AvgIpc) is 3.13. The molecule has 0 saturated heterocycles. The van der Waals surface area contributed by atoms with Crippen LogP contribution in [0.5, 0.6) is 0 Å². The van der Waals surface area contributed by atoms with E-state index in [2.05, 4.69) is 64.9 Å². The molecule has 0 unspecified atom stereocenters. The van der Waals surface area contributed by atoms with E-state index in [1.165, 1.54) is 5.56 Å². The van der Waals surface area contributed by atoms with Crippen molar-refractivity contribution in [1.29, 1.82) is 0 Å². The van der Waals surface area contributed by atoms with E-state index in [1.54, 1.807) is 6.20 Å². The van der Waals surface area contributed by atoms with Crippen LogP contribution in [-0.4, -0.2) is 26.7 Å². The largest absolute Gasteiger partial charge is 0.366 e. The third-order valence-electron chi connectivity index (χ3n) is 5.32. The number of benzene rings is 1. The van der Waals surface area contributed by atoms with Gasteiger partial charge in [0.05, 0.1) is 5.69 Å². The number of nitrogens with one attached hydrogen (secondary N) is 2. The Labute approximate surface area is 160 Å². The molecule has 0 bridgehead atoms. The highest BCUT2D eigenvalue weighted by molar-refractivity contribution is 5.76. The van der Waals surface area contributed by atoms with E-state index in [0.717, 1.165) is 48.5 Å². The fourth-order valence-corrected chi connectivity index (χ4v) is 3.68. The predicted octanol–water partition coefficient (Wildman–Crippen LogP) is 4.28. The quantitative estimate of drug-likeness (QED) is 0.630. The molecule has 142 valence electrons. The van der Waals surface area contributed by atoms with Gasteiger partial charge in [-0.25, -0.2) is 9.50 Å². The maximum atomic E-state index is 6.03. The van der Waals surface area contributed by atoms with E-state index in [4.69, 9.17) is 5.73 Å². The average molecular weight is 364 g/mol. The summed E-state index contributed by atoms with van der Waals surface area (Å²) in [6, 6.07) is 11.4. The van der Waals surface area contributed by atoms with Gasteiger partial charge in [0.25, 0.3) is 0 Å². The first-order valence-electron chi connectivity index (χ1n) is 9.82. The number of anilines is 3. The third-order valence-corrected chi connectivity index (χ3v) is 5.32. The number of rotatable bonds is 5. The second-order valence-electron chi connectivity index (χ2n) is 7.80. The van der Waals surface area contributed by atoms with Crippen molar-refractivity contribution in [2.24, 2.45) is 5.73 Å². The summed E-state index contributed by atoms with van der Waals surface area (Å²) in [5.74, 6) is 1.36. The maximum Gasteiger partial charge on any atom is 0.177 e. The summed E-state index contributed by atoms with van der Waals surface area (Å²) in [7, 11) is 0. The summed E-state index contributed by atoms with van der Waals surface area (Å²) in [5, 5.41) is 11.8. The highest BCUT2D eigenvalue weighted by Gasteiger charge is 2.19. The minimum Gasteiger partial charge on any atom is -0.366 e. The molecular weight excluding hydrogens is 336 g/mol. The Kier molecular flexibility index (Phi) is 4.99. The van der Waals surface area contributed by atoms with Crippen LogP contribution < -0.4 is 16.4 Å². The lowest BCUT2D eigenvalue weighted by molar-refractivity contribution is 0.410. The first-order chi connectivity index (χ1) is 13.1. The molecule has 1 fully saturated rings. The smallest absolute Gasteiger partial charge is 0.177 e. The summed E-state index contributed by atoms with van der Waals surface area (Å²) in [6.45, 7) is 4.41.